The summed E-state index contributed by atoms with van der Waals surface area (Å²) in [4.78, 5) is 30.6. The van der Waals surface area contributed by atoms with Crippen LogP contribution in [0.25, 0.3) is 11.4 Å². The molecule has 202 valence electrons. The van der Waals surface area contributed by atoms with Crippen molar-refractivity contribution in [2.75, 3.05) is 23.4 Å². The van der Waals surface area contributed by atoms with Gasteiger partial charge < -0.3 is 14.8 Å². The first-order valence-corrected chi connectivity index (χ1v) is 14.4. The lowest BCUT2D eigenvalue weighted by Gasteiger charge is -2.26. The van der Waals surface area contributed by atoms with Gasteiger partial charge in [0.15, 0.2) is 9.84 Å². The van der Waals surface area contributed by atoms with Crippen LogP contribution in [0.1, 0.15) is 32.8 Å². The lowest BCUT2D eigenvalue weighted by Crippen LogP contribution is -2.45. The molecule has 9 nitrogen and oxygen atoms in total. The summed E-state index contributed by atoms with van der Waals surface area (Å²) in [6.45, 7) is 5.58. The van der Waals surface area contributed by atoms with Gasteiger partial charge in [0.05, 0.1) is 17.7 Å². The van der Waals surface area contributed by atoms with E-state index in [4.69, 9.17) is 9.47 Å². The summed E-state index contributed by atoms with van der Waals surface area (Å²) in [5.41, 5.74) is 1.05. The zero-order chi connectivity index (χ0) is 27.3. The molecule has 1 fully saturated rings. The summed E-state index contributed by atoms with van der Waals surface area (Å²) < 4.78 is 35.2. The normalized spacial score (nSPS) is 14.9. The number of benzene rings is 2. The van der Waals surface area contributed by atoms with Crippen molar-refractivity contribution in [3.63, 3.8) is 0 Å². The standard InChI is InChI=1S/C28H33N3O6S/c1-28(2,3)37-25(32)17-31-26(21-11-13-22(14-12-21)36-23-18-38(34,35)19-23)30-16-24(27(31)33)29-15-7-10-20-8-5-4-6-9-20/h4-6,8-9,11-14,16,23,29H,7,10,15,17-19H2,1-3H3. The minimum atomic E-state index is -2.99. The van der Waals surface area contributed by atoms with Crippen LogP contribution in [-0.2, 0) is 32.3 Å². The highest BCUT2D eigenvalue weighted by atomic mass is 32.2. The van der Waals surface area contributed by atoms with Gasteiger partial charge >= 0.3 is 5.97 Å². The molecule has 0 atom stereocenters. The van der Waals surface area contributed by atoms with Crippen molar-refractivity contribution in [2.24, 2.45) is 0 Å². The maximum atomic E-state index is 13.4. The molecule has 10 heteroatoms. The predicted molar refractivity (Wildman–Crippen MR) is 146 cm³/mol. The van der Waals surface area contributed by atoms with Crippen LogP contribution < -0.4 is 15.6 Å². The molecule has 4 rings (SSSR count). The summed E-state index contributed by atoms with van der Waals surface area (Å²) >= 11 is 0. The lowest BCUT2D eigenvalue weighted by atomic mass is 10.1. The molecule has 0 radical (unpaired) electrons. The quantitative estimate of drug-likeness (QED) is 0.308. The Bertz CT molecular complexity index is 1420. The van der Waals surface area contributed by atoms with Crippen LogP contribution in [0.15, 0.2) is 65.6 Å². The van der Waals surface area contributed by atoms with Crippen LogP contribution in [0.2, 0.25) is 0 Å². The second-order valence-corrected chi connectivity index (χ2v) is 12.5. The van der Waals surface area contributed by atoms with Gasteiger partial charge in [-0.25, -0.2) is 13.4 Å². The van der Waals surface area contributed by atoms with E-state index >= 15 is 0 Å². The molecule has 2 aromatic carbocycles. The molecule has 0 saturated carbocycles. The number of carbonyl (C=O) groups excluding carboxylic acids is 1. The molecule has 0 aliphatic carbocycles. The second kappa shape index (κ2) is 11.4. The van der Waals surface area contributed by atoms with Gasteiger partial charge in [-0.2, -0.15) is 0 Å². The summed E-state index contributed by atoms with van der Waals surface area (Å²) in [6.07, 6.45) is 2.81. The maximum absolute atomic E-state index is 13.4. The number of anilines is 1. The molecule has 1 aliphatic rings. The van der Waals surface area contributed by atoms with Crippen LogP contribution >= 0.6 is 0 Å². The Hall–Kier alpha value is -3.66. The molecule has 0 unspecified atom stereocenters. The van der Waals surface area contributed by atoms with Gasteiger partial charge in [0.2, 0.25) is 0 Å². The molecule has 38 heavy (non-hydrogen) atoms. The van der Waals surface area contributed by atoms with Crippen molar-refractivity contribution in [3.05, 3.63) is 76.7 Å². The van der Waals surface area contributed by atoms with Gasteiger partial charge in [-0.3, -0.25) is 14.2 Å². The van der Waals surface area contributed by atoms with E-state index in [1.807, 2.05) is 18.2 Å². The zero-order valence-electron chi connectivity index (χ0n) is 21.8. The minimum absolute atomic E-state index is 0.00550. The number of esters is 1. The van der Waals surface area contributed by atoms with Crippen LogP contribution in [-0.4, -0.2) is 53.7 Å². The van der Waals surface area contributed by atoms with Crippen molar-refractivity contribution in [3.8, 4) is 17.1 Å². The predicted octanol–water partition coefficient (Wildman–Crippen LogP) is 3.47. The van der Waals surface area contributed by atoms with E-state index in [0.717, 1.165) is 12.8 Å². The van der Waals surface area contributed by atoms with Crippen molar-refractivity contribution < 1.29 is 22.7 Å². The van der Waals surface area contributed by atoms with Gasteiger partial charge in [0.1, 0.15) is 35.5 Å². The Morgan fingerprint density at radius 2 is 1.76 bits per heavy atom. The summed E-state index contributed by atoms with van der Waals surface area (Å²) in [7, 11) is -2.99. The number of nitrogens with one attached hydrogen (secondary N) is 1. The van der Waals surface area contributed by atoms with Gasteiger partial charge in [-0.05, 0) is 63.4 Å². The fourth-order valence-electron chi connectivity index (χ4n) is 4.11. The molecule has 1 N–H and O–H groups in total. The maximum Gasteiger partial charge on any atom is 0.326 e. The molecule has 0 bridgehead atoms. The smallest absolute Gasteiger partial charge is 0.326 e. The first kappa shape index (κ1) is 27.4. The molecule has 1 saturated heterocycles. The number of rotatable bonds is 10. The van der Waals surface area contributed by atoms with Gasteiger partial charge in [0.25, 0.3) is 5.56 Å². The molecular weight excluding hydrogens is 506 g/mol. The number of hydrogen-bond acceptors (Lipinski definition) is 8. The van der Waals surface area contributed by atoms with Crippen molar-refractivity contribution in [1.82, 2.24) is 9.55 Å². The third-order valence-corrected chi connectivity index (χ3v) is 7.61. The number of sulfone groups is 1. The lowest BCUT2D eigenvalue weighted by molar-refractivity contribution is -0.155. The Morgan fingerprint density at radius 1 is 1.08 bits per heavy atom. The molecule has 0 amide bonds. The number of nitrogens with zero attached hydrogens (tertiary/aromatic N) is 2. The van der Waals surface area contributed by atoms with Crippen LogP contribution in [0.4, 0.5) is 5.69 Å². The Kier molecular flexibility index (Phi) is 8.20. The van der Waals surface area contributed by atoms with Gasteiger partial charge in [-0.1, -0.05) is 30.3 Å². The summed E-state index contributed by atoms with van der Waals surface area (Å²) in [6, 6.07) is 16.9. The monoisotopic (exact) mass is 539 g/mol. The Balaban J connectivity index is 1.52. The SMILES string of the molecule is CC(C)(C)OC(=O)Cn1c(-c2ccc(OC3CS(=O)(=O)C3)cc2)ncc(NCCCc2ccccc2)c1=O. The molecular formula is C28H33N3O6S. The summed E-state index contributed by atoms with van der Waals surface area (Å²) in [5.74, 6) is 0.298. The fraction of sp³-hybridized carbons (Fsp3) is 0.393. The van der Waals surface area contributed by atoms with Crippen LogP contribution in [0.3, 0.4) is 0 Å². The zero-order valence-corrected chi connectivity index (χ0v) is 22.7. The number of hydrogen-bond donors (Lipinski definition) is 1. The van der Waals surface area contributed by atoms with Gasteiger partial charge in [0, 0.05) is 12.1 Å². The first-order valence-electron chi connectivity index (χ1n) is 12.6. The van der Waals surface area contributed by atoms with E-state index in [0.29, 0.717) is 29.4 Å². The third kappa shape index (κ3) is 7.44. The topological polar surface area (TPSA) is 117 Å². The van der Waals surface area contributed by atoms with Crippen LogP contribution in [0, 0.1) is 0 Å². The van der Waals surface area contributed by atoms with E-state index in [-0.39, 0.29) is 29.7 Å². The highest BCUT2D eigenvalue weighted by molar-refractivity contribution is 7.92. The fourth-order valence-corrected chi connectivity index (χ4v) is 5.29. The Morgan fingerprint density at radius 3 is 2.39 bits per heavy atom. The minimum Gasteiger partial charge on any atom is -0.488 e. The van der Waals surface area contributed by atoms with E-state index < -0.39 is 21.4 Å². The number of carbonyl (C=O) groups is 1. The van der Waals surface area contributed by atoms with Crippen LogP contribution in [0.5, 0.6) is 5.75 Å². The summed E-state index contributed by atoms with van der Waals surface area (Å²) in [5, 5.41) is 3.16. The van der Waals surface area contributed by atoms with Gasteiger partial charge in [-0.15, -0.1) is 0 Å². The molecule has 0 spiro atoms. The number of ether oxygens (including phenoxy) is 2. The largest absolute Gasteiger partial charge is 0.488 e. The molecule has 2 heterocycles. The first-order chi connectivity index (χ1) is 18.0. The highest BCUT2D eigenvalue weighted by Gasteiger charge is 2.35. The third-order valence-electron chi connectivity index (χ3n) is 5.85. The molecule has 3 aromatic rings. The number of aromatic nitrogens is 2. The molecule has 1 aromatic heterocycles. The number of aryl methyl sites for hydroxylation is 1. The average molecular weight is 540 g/mol. The van der Waals surface area contributed by atoms with Crippen molar-refractivity contribution in [1.29, 1.82) is 0 Å². The van der Waals surface area contributed by atoms with E-state index in [2.05, 4.69) is 22.4 Å². The molecule has 1 aliphatic heterocycles. The van der Waals surface area contributed by atoms with E-state index in [1.54, 1.807) is 45.0 Å². The van der Waals surface area contributed by atoms with E-state index in [9.17, 15) is 18.0 Å². The highest BCUT2D eigenvalue weighted by Crippen LogP contribution is 2.24. The second-order valence-electron chi connectivity index (χ2n) is 10.3. The van der Waals surface area contributed by atoms with E-state index in [1.165, 1.54) is 16.3 Å². The van der Waals surface area contributed by atoms with Crippen molar-refractivity contribution in [2.45, 2.75) is 51.9 Å². The Labute approximate surface area is 222 Å². The average Bonchev–Trinajstić information content (AvgIpc) is 2.83. The van der Waals surface area contributed by atoms with Crippen molar-refractivity contribution >= 4 is 21.5 Å².